The Morgan fingerprint density at radius 1 is 0.463 bits per heavy atom. The third-order valence-electron chi connectivity index (χ3n) is 15.1. The van der Waals surface area contributed by atoms with Crippen molar-refractivity contribution >= 4 is 5.70 Å². The van der Waals surface area contributed by atoms with Crippen molar-refractivity contribution < 1.29 is 4.74 Å². The van der Waals surface area contributed by atoms with Gasteiger partial charge in [0.2, 0.25) is 0 Å². The summed E-state index contributed by atoms with van der Waals surface area (Å²) >= 11 is 0. The van der Waals surface area contributed by atoms with Crippen molar-refractivity contribution in [3.8, 4) is 61.4 Å². The van der Waals surface area contributed by atoms with Gasteiger partial charge in [0.05, 0.1) is 12.0 Å². The summed E-state index contributed by atoms with van der Waals surface area (Å²) in [7, 11) is 0. The number of benzene rings is 9. The molecule has 0 amide bonds. The van der Waals surface area contributed by atoms with Gasteiger partial charge in [-0.1, -0.05) is 194 Å². The average Bonchev–Trinajstić information content (AvgIpc) is 3.77. The minimum absolute atomic E-state index is 0.146. The number of hydrogen-bond donors (Lipinski definition) is 2. The molecule has 2 heterocycles. The number of hydrogen-bond acceptors (Lipinski definition) is 3. The normalized spacial score (nSPS) is 18.4. The summed E-state index contributed by atoms with van der Waals surface area (Å²) in [5.41, 5.74) is 25.0. The monoisotopic (exact) mass is 862 g/mol. The summed E-state index contributed by atoms with van der Waals surface area (Å²) in [4.78, 5) is 0. The van der Waals surface area contributed by atoms with Gasteiger partial charge < -0.3 is 10.1 Å². The molecule has 13 rings (SSSR count). The molecule has 2 aliphatic carbocycles. The number of fused-ring (bicyclic) bond motifs is 13. The van der Waals surface area contributed by atoms with E-state index in [0.29, 0.717) is 6.61 Å². The second kappa shape index (κ2) is 16.0. The fourth-order valence-corrected chi connectivity index (χ4v) is 12.0. The van der Waals surface area contributed by atoms with Crippen LogP contribution in [-0.4, -0.2) is 6.61 Å². The lowest BCUT2D eigenvalue weighted by Gasteiger charge is -2.34. The summed E-state index contributed by atoms with van der Waals surface area (Å²) in [6, 6.07) is 78.9. The van der Waals surface area contributed by atoms with Gasteiger partial charge in [-0.3, -0.25) is 5.32 Å². The van der Waals surface area contributed by atoms with Crippen LogP contribution in [0, 0.1) is 0 Å². The van der Waals surface area contributed by atoms with Crippen LogP contribution in [0.15, 0.2) is 218 Å². The summed E-state index contributed by atoms with van der Waals surface area (Å²) in [5, 5.41) is 8.34. The summed E-state index contributed by atoms with van der Waals surface area (Å²) in [5.74, 6) is 0.924. The lowest BCUT2D eigenvalue weighted by Crippen LogP contribution is -2.38. The van der Waals surface area contributed by atoms with Crippen LogP contribution in [0.5, 0.6) is 5.75 Å². The lowest BCUT2D eigenvalue weighted by molar-refractivity contribution is 0.326. The molecule has 4 aliphatic rings. The standard InChI is InChI=1S/C64H50N2O/c1-41-27-35-59(44-17-6-3-7-18-44)65-63(66-62(41)46-30-28-43(29-31-46)42-15-4-2-5-16-42)53-23-14-19-45-37-38-67-60-36-33-47(39-54(60)61(45)53)48-32-34-52-51-22-10-13-26-57(51)64(58(52)40-48)55-24-11-8-20-49(55)50-21-9-12-25-56(50)64/h2-26,28-34,36,39-40,59,63,65-66H,27,35,37-38H2,1H3/b62-41+. The van der Waals surface area contributed by atoms with Crippen LogP contribution in [0.25, 0.3) is 61.3 Å². The van der Waals surface area contributed by atoms with Gasteiger partial charge in [0.1, 0.15) is 11.9 Å². The minimum Gasteiger partial charge on any atom is -0.493 e. The Morgan fingerprint density at radius 2 is 1.03 bits per heavy atom. The molecule has 3 nitrogen and oxygen atoms in total. The van der Waals surface area contributed by atoms with Crippen LogP contribution in [0.1, 0.15) is 76.5 Å². The molecule has 3 heteroatoms. The van der Waals surface area contributed by atoms with Gasteiger partial charge in [0, 0.05) is 23.7 Å². The topological polar surface area (TPSA) is 33.3 Å². The zero-order valence-corrected chi connectivity index (χ0v) is 37.6. The SMILES string of the molecule is C/C1=C(/c2ccc(-c3ccccc3)cc2)NC(c2cccc3c2-c2cc(-c4ccc5c(c4)C4(c6ccccc6-c6ccccc64)c4ccccc4-5)ccc2OCC3)NC(c2ccccc2)CC1. The quantitative estimate of drug-likeness (QED) is 0.181. The maximum atomic E-state index is 6.67. The van der Waals surface area contributed by atoms with Crippen molar-refractivity contribution in [1.82, 2.24) is 10.6 Å². The fourth-order valence-electron chi connectivity index (χ4n) is 12.0. The number of rotatable bonds is 5. The highest BCUT2D eigenvalue weighted by Gasteiger charge is 2.51. The smallest absolute Gasteiger partial charge is 0.127 e. The van der Waals surface area contributed by atoms with Crippen LogP contribution in [0.3, 0.4) is 0 Å². The van der Waals surface area contributed by atoms with E-state index in [1.165, 1.54) is 106 Å². The van der Waals surface area contributed by atoms with E-state index in [9.17, 15) is 0 Å². The van der Waals surface area contributed by atoms with Crippen LogP contribution in [0.2, 0.25) is 0 Å². The van der Waals surface area contributed by atoms with Gasteiger partial charge in [-0.25, -0.2) is 0 Å². The van der Waals surface area contributed by atoms with Crippen molar-refractivity contribution in [1.29, 1.82) is 0 Å². The van der Waals surface area contributed by atoms with E-state index >= 15 is 0 Å². The first-order valence-electron chi connectivity index (χ1n) is 23.9. The zero-order valence-electron chi connectivity index (χ0n) is 37.6. The molecule has 2 aliphatic heterocycles. The molecule has 0 radical (unpaired) electrons. The van der Waals surface area contributed by atoms with E-state index in [1.54, 1.807) is 0 Å². The Labute approximate surface area is 393 Å². The molecule has 1 spiro atoms. The van der Waals surface area contributed by atoms with E-state index in [0.717, 1.165) is 30.6 Å². The highest BCUT2D eigenvalue weighted by Crippen LogP contribution is 2.63. The molecule has 0 saturated carbocycles. The first kappa shape index (κ1) is 39.6. The fraction of sp³-hybridized carbons (Fsp3) is 0.125. The Hall–Kier alpha value is -7.72. The zero-order chi connectivity index (χ0) is 44.5. The molecule has 2 atom stereocenters. The Kier molecular flexibility index (Phi) is 9.47. The Bertz CT molecular complexity index is 3340. The summed E-state index contributed by atoms with van der Waals surface area (Å²) in [6.45, 7) is 2.93. The van der Waals surface area contributed by atoms with Crippen molar-refractivity contribution in [2.75, 3.05) is 6.61 Å². The van der Waals surface area contributed by atoms with E-state index in [4.69, 9.17) is 4.74 Å². The van der Waals surface area contributed by atoms with E-state index < -0.39 is 5.41 Å². The highest BCUT2D eigenvalue weighted by atomic mass is 16.5. The second-order valence-electron chi connectivity index (χ2n) is 18.7. The van der Waals surface area contributed by atoms with Gasteiger partial charge in [0.25, 0.3) is 0 Å². The molecular weight excluding hydrogens is 813 g/mol. The molecule has 2 unspecified atom stereocenters. The maximum Gasteiger partial charge on any atom is 0.127 e. The molecule has 0 aromatic heterocycles. The average molecular weight is 863 g/mol. The second-order valence-corrected chi connectivity index (χ2v) is 18.7. The molecule has 0 saturated heterocycles. The predicted octanol–water partition coefficient (Wildman–Crippen LogP) is 15.1. The van der Waals surface area contributed by atoms with Crippen molar-refractivity contribution in [3.05, 3.63) is 262 Å². The van der Waals surface area contributed by atoms with E-state index in [-0.39, 0.29) is 12.2 Å². The molecular formula is C64H50N2O. The lowest BCUT2D eigenvalue weighted by atomic mass is 9.70. The van der Waals surface area contributed by atoms with Crippen molar-refractivity contribution in [2.45, 2.75) is 43.8 Å². The van der Waals surface area contributed by atoms with Gasteiger partial charge in [-0.2, -0.15) is 0 Å². The minimum atomic E-state index is -0.403. The third kappa shape index (κ3) is 6.37. The number of nitrogens with one attached hydrogen (secondary N) is 2. The molecule has 9 aromatic carbocycles. The predicted molar refractivity (Wildman–Crippen MR) is 275 cm³/mol. The van der Waals surface area contributed by atoms with E-state index in [2.05, 4.69) is 230 Å². The molecule has 67 heavy (non-hydrogen) atoms. The molecule has 0 fully saturated rings. The third-order valence-corrected chi connectivity index (χ3v) is 15.1. The maximum absolute atomic E-state index is 6.67. The van der Waals surface area contributed by atoms with Crippen LogP contribution in [-0.2, 0) is 11.8 Å². The molecule has 9 aromatic rings. The molecule has 0 bridgehead atoms. The number of allylic oxidation sites excluding steroid dienone is 1. The van der Waals surface area contributed by atoms with Crippen molar-refractivity contribution in [2.24, 2.45) is 0 Å². The van der Waals surface area contributed by atoms with E-state index in [1.807, 2.05) is 0 Å². The highest BCUT2D eigenvalue weighted by molar-refractivity contribution is 5.96. The van der Waals surface area contributed by atoms with Crippen LogP contribution < -0.4 is 15.4 Å². The molecule has 322 valence electrons. The summed E-state index contributed by atoms with van der Waals surface area (Å²) < 4.78 is 6.67. The largest absolute Gasteiger partial charge is 0.493 e. The Morgan fingerprint density at radius 3 is 1.73 bits per heavy atom. The molecule has 2 N–H and O–H groups in total. The summed E-state index contributed by atoms with van der Waals surface area (Å²) in [6.07, 6.45) is 2.58. The first-order chi connectivity index (χ1) is 33.1. The van der Waals surface area contributed by atoms with Gasteiger partial charge in [0.15, 0.2) is 0 Å². The van der Waals surface area contributed by atoms with Gasteiger partial charge >= 0.3 is 0 Å². The first-order valence-corrected chi connectivity index (χ1v) is 23.9. The van der Waals surface area contributed by atoms with Crippen molar-refractivity contribution in [3.63, 3.8) is 0 Å². The number of ether oxygens (including phenoxy) is 1. The van der Waals surface area contributed by atoms with Gasteiger partial charge in [-0.05, 0) is 138 Å². The van der Waals surface area contributed by atoms with Crippen LogP contribution in [0.4, 0.5) is 0 Å². The van der Waals surface area contributed by atoms with Crippen LogP contribution >= 0.6 is 0 Å². The van der Waals surface area contributed by atoms with Gasteiger partial charge in [-0.15, -0.1) is 0 Å². The Balaban J connectivity index is 0.947.